The van der Waals surface area contributed by atoms with Gasteiger partial charge in [-0.2, -0.15) is 5.01 Å². The van der Waals surface area contributed by atoms with E-state index in [0.717, 1.165) is 10.2 Å². The van der Waals surface area contributed by atoms with Gasteiger partial charge in [0.15, 0.2) is 0 Å². The summed E-state index contributed by atoms with van der Waals surface area (Å²) in [5, 5.41) is 2.02. The van der Waals surface area contributed by atoms with E-state index in [1.807, 2.05) is 0 Å². The summed E-state index contributed by atoms with van der Waals surface area (Å²) in [5.41, 5.74) is -0.588. The second kappa shape index (κ2) is 3.69. The molecule has 1 saturated heterocycles. The van der Waals surface area contributed by atoms with Crippen molar-refractivity contribution in [3.8, 4) is 0 Å². The van der Waals surface area contributed by atoms with Crippen LogP contribution in [0.25, 0.3) is 0 Å². The number of ether oxygens (including phenoxy) is 1. The minimum Gasteiger partial charge on any atom is -0.442 e. The van der Waals surface area contributed by atoms with E-state index in [0.29, 0.717) is 0 Å². The molecule has 0 radical (unpaired) electrons. The molecule has 86 valence electrons. The third kappa shape index (κ3) is 2.20. The van der Waals surface area contributed by atoms with Crippen molar-refractivity contribution in [2.75, 3.05) is 7.11 Å². The molecule has 0 aliphatic carbocycles. The van der Waals surface area contributed by atoms with Crippen molar-refractivity contribution in [2.45, 2.75) is 39.3 Å². The van der Waals surface area contributed by atoms with Crippen LogP contribution in [0.3, 0.4) is 0 Å². The van der Waals surface area contributed by atoms with Crippen LogP contribution in [0.2, 0.25) is 0 Å². The van der Waals surface area contributed by atoms with Crippen molar-refractivity contribution < 1.29 is 19.2 Å². The first-order valence-corrected chi connectivity index (χ1v) is 4.68. The standard InChI is InChI=1S/C9H16N2O4/c1-6-7(12)11(14-5)10(6)8(13)15-9(2,3)4/h6H,1-5H3/t6-/m0/s1. The number of carbonyl (C=O) groups is 2. The maximum atomic E-state index is 11.6. The molecule has 6 nitrogen and oxygen atoms in total. The summed E-state index contributed by atoms with van der Waals surface area (Å²) < 4.78 is 5.11. The Labute approximate surface area is 88.6 Å². The normalized spacial score (nSPS) is 21.4. The summed E-state index contributed by atoms with van der Waals surface area (Å²) in [6, 6.07) is -0.528. The Bertz CT molecular complexity index is 284. The first kappa shape index (κ1) is 11.8. The quantitative estimate of drug-likeness (QED) is 0.654. The molecule has 0 aromatic carbocycles. The van der Waals surface area contributed by atoms with Crippen LogP contribution in [0.4, 0.5) is 4.79 Å². The molecule has 1 aliphatic rings. The largest absolute Gasteiger partial charge is 0.442 e. The van der Waals surface area contributed by atoms with Gasteiger partial charge >= 0.3 is 6.09 Å². The average Bonchev–Trinajstić information content (AvgIpc) is 2.08. The van der Waals surface area contributed by atoms with Crippen LogP contribution >= 0.6 is 0 Å². The summed E-state index contributed by atoms with van der Waals surface area (Å²) in [7, 11) is 1.32. The Balaban J connectivity index is 2.65. The van der Waals surface area contributed by atoms with E-state index in [1.165, 1.54) is 7.11 Å². The molecule has 1 atom stereocenters. The maximum Gasteiger partial charge on any atom is 0.432 e. The molecule has 15 heavy (non-hydrogen) atoms. The van der Waals surface area contributed by atoms with Gasteiger partial charge in [-0.15, -0.1) is 5.17 Å². The summed E-state index contributed by atoms with van der Waals surface area (Å²) in [6.45, 7) is 6.89. The van der Waals surface area contributed by atoms with Gasteiger partial charge in [0.1, 0.15) is 11.6 Å². The minimum atomic E-state index is -0.588. The minimum absolute atomic E-state index is 0.261. The summed E-state index contributed by atoms with van der Waals surface area (Å²) in [5.74, 6) is -0.261. The Morgan fingerprint density at radius 2 is 1.93 bits per heavy atom. The highest BCUT2D eigenvalue weighted by Crippen LogP contribution is 2.23. The number of carbonyl (C=O) groups excluding carboxylic acids is 2. The SMILES string of the molecule is CON1C(=O)[C@H](C)N1C(=O)OC(C)(C)C. The number of nitrogens with zero attached hydrogens (tertiary/aromatic N) is 2. The fourth-order valence-electron chi connectivity index (χ4n) is 1.19. The lowest BCUT2D eigenvalue weighted by Crippen LogP contribution is -2.69. The Morgan fingerprint density at radius 3 is 2.33 bits per heavy atom. The van der Waals surface area contributed by atoms with E-state index >= 15 is 0 Å². The number of hydrogen-bond donors (Lipinski definition) is 0. The van der Waals surface area contributed by atoms with Gasteiger partial charge in [-0.25, -0.2) is 4.79 Å². The molecule has 1 fully saturated rings. The second-order valence-electron chi connectivity index (χ2n) is 4.29. The lowest BCUT2D eigenvalue weighted by Gasteiger charge is -2.45. The van der Waals surface area contributed by atoms with Crippen molar-refractivity contribution in [1.82, 2.24) is 10.2 Å². The highest BCUT2D eigenvalue weighted by Gasteiger charge is 2.48. The van der Waals surface area contributed by atoms with Crippen molar-refractivity contribution in [3.63, 3.8) is 0 Å². The molecule has 1 heterocycles. The maximum absolute atomic E-state index is 11.6. The fourth-order valence-corrected chi connectivity index (χ4v) is 1.19. The lowest BCUT2D eigenvalue weighted by molar-refractivity contribution is -0.294. The van der Waals surface area contributed by atoms with Crippen LogP contribution in [-0.2, 0) is 14.4 Å². The number of amides is 2. The van der Waals surface area contributed by atoms with E-state index in [2.05, 4.69) is 0 Å². The van der Waals surface area contributed by atoms with Crippen molar-refractivity contribution >= 4 is 12.0 Å². The smallest absolute Gasteiger partial charge is 0.432 e. The van der Waals surface area contributed by atoms with Crippen LogP contribution in [0.15, 0.2) is 0 Å². The molecular weight excluding hydrogens is 200 g/mol. The topological polar surface area (TPSA) is 59.1 Å². The molecule has 1 aliphatic heterocycles. The Hall–Kier alpha value is -1.30. The molecule has 2 amide bonds. The summed E-state index contributed by atoms with van der Waals surface area (Å²) in [4.78, 5) is 27.5. The van der Waals surface area contributed by atoms with Gasteiger partial charge in [0, 0.05) is 0 Å². The van der Waals surface area contributed by atoms with Crippen molar-refractivity contribution in [1.29, 1.82) is 0 Å². The number of hydrogen-bond acceptors (Lipinski definition) is 4. The van der Waals surface area contributed by atoms with E-state index in [1.54, 1.807) is 27.7 Å². The molecule has 1 rings (SSSR count). The van der Waals surface area contributed by atoms with Crippen LogP contribution in [0.5, 0.6) is 0 Å². The van der Waals surface area contributed by atoms with Crippen molar-refractivity contribution in [2.24, 2.45) is 0 Å². The van der Waals surface area contributed by atoms with Crippen molar-refractivity contribution in [3.05, 3.63) is 0 Å². The van der Waals surface area contributed by atoms with Crippen LogP contribution < -0.4 is 0 Å². The highest BCUT2D eigenvalue weighted by molar-refractivity contribution is 5.91. The van der Waals surface area contributed by atoms with Gasteiger partial charge in [0.2, 0.25) is 0 Å². The van der Waals surface area contributed by atoms with E-state index in [9.17, 15) is 9.59 Å². The third-order valence-electron chi connectivity index (χ3n) is 1.86. The molecule has 0 aromatic rings. The first-order chi connectivity index (χ1) is 6.78. The van der Waals surface area contributed by atoms with Gasteiger partial charge in [0.05, 0.1) is 7.11 Å². The van der Waals surface area contributed by atoms with Gasteiger partial charge in [-0.05, 0) is 27.7 Å². The fraction of sp³-hybridized carbons (Fsp3) is 0.778. The molecular formula is C9H16N2O4. The van der Waals surface area contributed by atoms with Gasteiger partial charge < -0.3 is 4.74 Å². The summed E-state index contributed by atoms with van der Waals surface area (Å²) >= 11 is 0. The molecule has 6 heteroatoms. The van der Waals surface area contributed by atoms with E-state index in [-0.39, 0.29) is 5.91 Å². The molecule has 0 saturated carbocycles. The average molecular weight is 216 g/mol. The highest BCUT2D eigenvalue weighted by atomic mass is 16.7. The molecule has 0 spiro atoms. The molecule has 0 unspecified atom stereocenters. The molecule has 0 N–H and O–H groups in total. The molecule has 0 bridgehead atoms. The summed E-state index contributed by atoms with van der Waals surface area (Å²) in [6.07, 6.45) is -0.587. The van der Waals surface area contributed by atoms with Crippen LogP contribution in [0, 0.1) is 0 Å². The zero-order valence-corrected chi connectivity index (χ0v) is 9.60. The number of hydroxylamine groups is 1. The Kier molecular flexibility index (Phi) is 2.90. The Morgan fingerprint density at radius 1 is 1.40 bits per heavy atom. The monoisotopic (exact) mass is 216 g/mol. The van der Waals surface area contributed by atoms with Gasteiger partial charge in [-0.3, -0.25) is 9.63 Å². The number of hydrazine groups is 1. The lowest BCUT2D eigenvalue weighted by atomic mass is 10.2. The van der Waals surface area contributed by atoms with Gasteiger partial charge in [-0.1, -0.05) is 0 Å². The van der Waals surface area contributed by atoms with E-state index in [4.69, 9.17) is 9.57 Å². The predicted molar refractivity (Wildman–Crippen MR) is 51.4 cm³/mol. The van der Waals surface area contributed by atoms with Crippen LogP contribution in [-0.4, -0.2) is 40.9 Å². The van der Waals surface area contributed by atoms with Crippen LogP contribution in [0.1, 0.15) is 27.7 Å². The predicted octanol–water partition coefficient (Wildman–Crippen LogP) is 0.931. The van der Waals surface area contributed by atoms with E-state index < -0.39 is 17.7 Å². The molecule has 0 aromatic heterocycles. The van der Waals surface area contributed by atoms with Gasteiger partial charge in [0.25, 0.3) is 5.91 Å². The first-order valence-electron chi connectivity index (χ1n) is 4.68. The number of rotatable bonds is 1. The third-order valence-corrected chi connectivity index (χ3v) is 1.86. The zero-order chi connectivity index (χ0) is 11.8. The zero-order valence-electron chi connectivity index (χ0n) is 9.60. The second-order valence-corrected chi connectivity index (χ2v) is 4.29.